The molecule has 1 atom stereocenters. The predicted octanol–water partition coefficient (Wildman–Crippen LogP) is 3.21. The van der Waals surface area contributed by atoms with Crippen molar-refractivity contribution in [3.05, 3.63) is 0 Å². The molecule has 0 radical (unpaired) electrons. The first-order chi connectivity index (χ1) is 7.84. The van der Waals surface area contributed by atoms with Gasteiger partial charge in [0.15, 0.2) is 0 Å². The summed E-state index contributed by atoms with van der Waals surface area (Å²) in [6.45, 7) is 10.6. The number of hydrogen-bond donors (Lipinski definition) is 1. The van der Waals surface area contributed by atoms with E-state index in [2.05, 4.69) is 19.2 Å². The smallest absolute Gasteiger partial charge is 0.337 e. The lowest BCUT2D eigenvalue weighted by Crippen LogP contribution is -2.36. The van der Waals surface area contributed by atoms with E-state index in [4.69, 9.17) is 21.3 Å². The van der Waals surface area contributed by atoms with Gasteiger partial charge in [-0.15, -0.1) is 0 Å². The Bertz CT molecular complexity index is 274. The quantitative estimate of drug-likeness (QED) is 0.547. The fourth-order valence-electron chi connectivity index (χ4n) is 1.16. The lowest BCUT2D eigenvalue weighted by molar-refractivity contribution is 0.223. The molecule has 0 aliphatic rings. The van der Waals surface area contributed by atoms with Gasteiger partial charge in [0.05, 0.1) is 18.2 Å². The van der Waals surface area contributed by atoms with Crippen molar-refractivity contribution in [2.45, 2.75) is 40.7 Å². The molecule has 0 aliphatic carbocycles. The highest BCUT2D eigenvalue weighted by Gasteiger charge is 2.26. The molecule has 0 saturated carbocycles. The van der Waals surface area contributed by atoms with E-state index >= 15 is 0 Å². The minimum Gasteiger partial charge on any atom is -0.376 e. The molecular formula is C11H24NO3PS. The molecule has 0 aromatic carbocycles. The zero-order valence-electron chi connectivity index (χ0n) is 11.4. The van der Waals surface area contributed by atoms with E-state index in [1.807, 2.05) is 6.92 Å². The molecule has 0 heterocycles. The van der Waals surface area contributed by atoms with Gasteiger partial charge in [0.25, 0.3) is 0 Å². The third-order valence-electron chi connectivity index (χ3n) is 2.38. The summed E-state index contributed by atoms with van der Waals surface area (Å²) < 4.78 is 22.6. The molecule has 4 nitrogen and oxygen atoms in total. The minimum absolute atomic E-state index is 0.154. The fraction of sp³-hybridized carbons (Fsp3) is 0.909. The molecule has 6 heteroatoms. The summed E-state index contributed by atoms with van der Waals surface area (Å²) in [7, 11) is -3.07. The Kier molecular flexibility index (Phi) is 8.22. The monoisotopic (exact) mass is 281 g/mol. The molecule has 0 rings (SSSR count). The second-order valence-corrected chi connectivity index (χ2v) is 6.75. The first-order valence-electron chi connectivity index (χ1n) is 6.02. The van der Waals surface area contributed by atoms with Gasteiger partial charge in [-0.2, -0.15) is 0 Å². The van der Waals surface area contributed by atoms with Crippen LogP contribution in [0.2, 0.25) is 0 Å². The van der Waals surface area contributed by atoms with Gasteiger partial charge < -0.3 is 14.4 Å². The average molecular weight is 281 g/mol. The molecule has 0 fully saturated rings. The van der Waals surface area contributed by atoms with Crippen LogP contribution in [0.15, 0.2) is 0 Å². The maximum Gasteiger partial charge on any atom is 0.337 e. The maximum atomic E-state index is 12.2. The Balaban J connectivity index is 4.36. The Hall–Kier alpha value is 0.0400. The highest BCUT2D eigenvalue weighted by Crippen LogP contribution is 2.47. The van der Waals surface area contributed by atoms with E-state index in [0.29, 0.717) is 24.1 Å². The molecule has 0 bridgehead atoms. The van der Waals surface area contributed by atoms with Crippen LogP contribution in [0.25, 0.3) is 0 Å². The van der Waals surface area contributed by atoms with Crippen LogP contribution in [0.1, 0.15) is 34.6 Å². The van der Waals surface area contributed by atoms with Crippen molar-refractivity contribution in [1.29, 1.82) is 0 Å². The van der Waals surface area contributed by atoms with Crippen molar-refractivity contribution in [3.8, 4) is 0 Å². The fourth-order valence-corrected chi connectivity index (χ4v) is 3.31. The van der Waals surface area contributed by atoms with Gasteiger partial charge in [-0.1, -0.05) is 26.1 Å². The molecule has 0 amide bonds. The summed E-state index contributed by atoms with van der Waals surface area (Å²) in [5.41, 5.74) is 0. The first kappa shape index (κ1) is 17.0. The first-order valence-corrected chi connectivity index (χ1v) is 8.15. The van der Waals surface area contributed by atoms with Crippen LogP contribution in [0.5, 0.6) is 0 Å². The molecule has 0 aromatic rings. The van der Waals surface area contributed by atoms with Crippen LogP contribution < -0.4 is 5.32 Å². The molecule has 0 saturated heterocycles. The summed E-state index contributed by atoms with van der Waals surface area (Å²) in [4.78, 5) is 0.538. The third-order valence-corrected chi connectivity index (χ3v) is 4.86. The lowest BCUT2D eigenvalue weighted by Gasteiger charge is -2.22. The largest absolute Gasteiger partial charge is 0.376 e. The van der Waals surface area contributed by atoms with Gasteiger partial charge in [-0.25, -0.2) is 0 Å². The van der Waals surface area contributed by atoms with E-state index in [9.17, 15) is 4.57 Å². The Labute approximate surface area is 110 Å². The predicted molar refractivity (Wildman–Crippen MR) is 75.8 cm³/mol. The summed E-state index contributed by atoms with van der Waals surface area (Å²) in [5, 5.41) is 3.15. The number of nitrogens with one attached hydrogen (secondary N) is 1. The topological polar surface area (TPSA) is 47.6 Å². The van der Waals surface area contributed by atoms with Gasteiger partial charge in [-0.3, -0.25) is 4.57 Å². The van der Waals surface area contributed by atoms with Crippen molar-refractivity contribution < 1.29 is 13.6 Å². The summed E-state index contributed by atoms with van der Waals surface area (Å²) in [6.07, 6.45) is 0.154. The van der Waals surface area contributed by atoms with Gasteiger partial charge in [0.2, 0.25) is 0 Å². The van der Waals surface area contributed by atoms with Crippen molar-refractivity contribution in [3.63, 3.8) is 0 Å². The third kappa shape index (κ3) is 7.14. The Morgan fingerprint density at radius 2 is 1.71 bits per heavy atom. The van der Waals surface area contributed by atoms with Crippen molar-refractivity contribution in [1.82, 2.24) is 5.32 Å². The van der Waals surface area contributed by atoms with E-state index in [0.717, 1.165) is 0 Å². The van der Waals surface area contributed by atoms with Crippen molar-refractivity contribution in [2.75, 3.05) is 19.4 Å². The normalized spacial score (nSPS) is 13.8. The van der Waals surface area contributed by atoms with E-state index in [1.165, 1.54) is 0 Å². The molecule has 1 N–H and O–H groups in total. The summed E-state index contributed by atoms with van der Waals surface area (Å²) in [6, 6.07) is 0.249. The Morgan fingerprint density at radius 1 is 1.24 bits per heavy atom. The maximum absolute atomic E-state index is 12.2. The highest BCUT2D eigenvalue weighted by atomic mass is 32.1. The van der Waals surface area contributed by atoms with Crippen LogP contribution in [-0.4, -0.2) is 30.4 Å². The molecule has 17 heavy (non-hydrogen) atoms. The van der Waals surface area contributed by atoms with Crippen LogP contribution in [0.4, 0.5) is 0 Å². The van der Waals surface area contributed by atoms with Crippen molar-refractivity contribution in [2.24, 2.45) is 5.92 Å². The number of thiocarbonyl (C=S) groups is 1. The molecule has 0 aromatic heterocycles. The van der Waals surface area contributed by atoms with Gasteiger partial charge in [0.1, 0.15) is 6.16 Å². The second-order valence-electron chi connectivity index (χ2n) is 4.20. The van der Waals surface area contributed by atoms with E-state index in [-0.39, 0.29) is 12.2 Å². The standard InChI is InChI=1S/C11H24NO3PS/c1-6-14-16(13,15-7-2)8-11(17)12-10(5)9(3)4/h9-10H,6-8H2,1-5H3,(H,12,17). The van der Waals surface area contributed by atoms with Crippen LogP contribution in [-0.2, 0) is 13.6 Å². The molecule has 1 unspecified atom stereocenters. The minimum atomic E-state index is -3.07. The Morgan fingerprint density at radius 3 is 2.06 bits per heavy atom. The molecule has 102 valence electrons. The number of hydrogen-bond acceptors (Lipinski definition) is 4. The molecular weight excluding hydrogens is 257 g/mol. The summed E-state index contributed by atoms with van der Waals surface area (Å²) in [5.74, 6) is 0.464. The molecule has 0 spiro atoms. The average Bonchev–Trinajstić information content (AvgIpc) is 2.16. The second kappa shape index (κ2) is 8.20. The summed E-state index contributed by atoms with van der Waals surface area (Å²) >= 11 is 5.18. The van der Waals surface area contributed by atoms with E-state index < -0.39 is 7.60 Å². The lowest BCUT2D eigenvalue weighted by atomic mass is 10.1. The zero-order valence-corrected chi connectivity index (χ0v) is 13.1. The van der Waals surface area contributed by atoms with Crippen molar-refractivity contribution >= 4 is 24.8 Å². The SMILES string of the molecule is CCOP(=O)(CC(=S)NC(C)C(C)C)OCC. The van der Waals surface area contributed by atoms with Gasteiger partial charge >= 0.3 is 7.60 Å². The van der Waals surface area contributed by atoms with Gasteiger partial charge in [0, 0.05) is 6.04 Å². The van der Waals surface area contributed by atoms with Crippen LogP contribution in [0.3, 0.4) is 0 Å². The zero-order chi connectivity index (χ0) is 13.5. The van der Waals surface area contributed by atoms with E-state index in [1.54, 1.807) is 13.8 Å². The molecule has 0 aliphatic heterocycles. The van der Waals surface area contributed by atoms with Crippen LogP contribution >= 0.6 is 19.8 Å². The highest BCUT2D eigenvalue weighted by molar-refractivity contribution is 7.81. The van der Waals surface area contributed by atoms with Gasteiger partial charge in [-0.05, 0) is 26.7 Å². The number of rotatable bonds is 8. The van der Waals surface area contributed by atoms with Crippen LogP contribution in [0, 0.1) is 5.92 Å².